The van der Waals surface area contributed by atoms with Crippen molar-refractivity contribution in [1.82, 2.24) is 0 Å². The standard InChI is InChI=1S/C29H39F3O/c1-3-5-6-8-23-13-15-25(16-14-23)26-17-18-27(28(30)21-26)29(31,32)33-20-19-24-11-9-22(7-4-2)10-12-24/h9-12,17-18,21,23,25H,3-8,13-16,19-20H2,1-2H3/t23-,25-. The predicted molar refractivity (Wildman–Crippen MR) is 129 cm³/mol. The van der Waals surface area contributed by atoms with Crippen LogP contribution in [0.4, 0.5) is 13.2 Å². The highest BCUT2D eigenvalue weighted by molar-refractivity contribution is 5.29. The van der Waals surface area contributed by atoms with Crippen LogP contribution in [0.25, 0.3) is 0 Å². The van der Waals surface area contributed by atoms with E-state index in [1.807, 2.05) is 24.3 Å². The maximum Gasteiger partial charge on any atom is 0.386 e. The van der Waals surface area contributed by atoms with Gasteiger partial charge in [-0.2, -0.15) is 8.78 Å². The van der Waals surface area contributed by atoms with Crippen LogP contribution in [-0.2, 0) is 23.7 Å². The molecule has 0 atom stereocenters. The molecule has 0 unspecified atom stereocenters. The summed E-state index contributed by atoms with van der Waals surface area (Å²) in [6.07, 6.45) is 8.21. The highest BCUT2D eigenvalue weighted by Gasteiger charge is 2.36. The molecule has 0 radical (unpaired) electrons. The molecule has 0 heterocycles. The summed E-state index contributed by atoms with van der Waals surface area (Å²) in [7, 11) is 0. The molecule has 1 aliphatic rings. The van der Waals surface area contributed by atoms with Crippen LogP contribution in [0.1, 0.15) is 99.8 Å². The summed E-state index contributed by atoms with van der Waals surface area (Å²) < 4.78 is 48.7. The summed E-state index contributed by atoms with van der Waals surface area (Å²) in [6, 6.07) is 12.1. The summed E-state index contributed by atoms with van der Waals surface area (Å²) in [5.74, 6) is 0.158. The van der Waals surface area contributed by atoms with E-state index in [0.29, 0.717) is 6.42 Å². The van der Waals surface area contributed by atoms with Gasteiger partial charge in [-0.1, -0.05) is 76.3 Å². The Labute approximate surface area is 197 Å². The Bertz CT molecular complexity index is 838. The van der Waals surface area contributed by atoms with Crippen molar-refractivity contribution in [2.75, 3.05) is 6.61 Å². The van der Waals surface area contributed by atoms with E-state index in [-0.39, 0.29) is 12.5 Å². The van der Waals surface area contributed by atoms with Gasteiger partial charge in [0.15, 0.2) is 0 Å². The number of aryl methyl sites for hydroxylation is 1. The molecule has 1 aliphatic carbocycles. The minimum absolute atomic E-state index is 0.163. The van der Waals surface area contributed by atoms with Crippen LogP contribution in [-0.4, -0.2) is 6.61 Å². The Morgan fingerprint density at radius 1 is 0.848 bits per heavy atom. The molecule has 0 saturated heterocycles. The maximum atomic E-state index is 14.7. The molecular formula is C29H39F3O. The molecule has 0 spiro atoms. The number of benzene rings is 2. The smallest absolute Gasteiger partial charge is 0.316 e. The Morgan fingerprint density at radius 3 is 2.12 bits per heavy atom. The maximum absolute atomic E-state index is 14.7. The molecule has 0 N–H and O–H groups in total. The van der Waals surface area contributed by atoms with Crippen LogP contribution in [0, 0.1) is 11.7 Å². The third-order valence-corrected chi connectivity index (χ3v) is 7.08. The second-order valence-electron chi connectivity index (χ2n) is 9.63. The van der Waals surface area contributed by atoms with E-state index in [9.17, 15) is 13.2 Å². The summed E-state index contributed by atoms with van der Waals surface area (Å²) in [5, 5.41) is 0. The van der Waals surface area contributed by atoms with E-state index in [4.69, 9.17) is 4.74 Å². The molecule has 182 valence electrons. The predicted octanol–water partition coefficient (Wildman–Crippen LogP) is 8.94. The average molecular weight is 461 g/mol. The van der Waals surface area contributed by atoms with Crippen molar-refractivity contribution < 1.29 is 17.9 Å². The Balaban J connectivity index is 1.51. The number of hydrogen-bond acceptors (Lipinski definition) is 1. The molecule has 0 amide bonds. The summed E-state index contributed by atoms with van der Waals surface area (Å²) in [5.41, 5.74) is 2.34. The zero-order valence-corrected chi connectivity index (χ0v) is 20.2. The van der Waals surface area contributed by atoms with Crippen LogP contribution in [0.5, 0.6) is 0 Å². The van der Waals surface area contributed by atoms with E-state index in [1.54, 1.807) is 6.07 Å². The number of alkyl halides is 2. The molecule has 33 heavy (non-hydrogen) atoms. The molecule has 1 nitrogen and oxygen atoms in total. The number of unbranched alkanes of at least 4 members (excludes halogenated alkanes) is 2. The number of rotatable bonds is 12. The highest BCUT2D eigenvalue weighted by atomic mass is 19.3. The van der Waals surface area contributed by atoms with Crippen molar-refractivity contribution in [3.63, 3.8) is 0 Å². The van der Waals surface area contributed by atoms with Gasteiger partial charge in [-0.25, -0.2) is 4.39 Å². The molecule has 1 fully saturated rings. The first-order valence-corrected chi connectivity index (χ1v) is 12.8. The van der Waals surface area contributed by atoms with Gasteiger partial charge in [0.05, 0.1) is 12.2 Å². The molecule has 1 saturated carbocycles. The van der Waals surface area contributed by atoms with Gasteiger partial charge >= 0.3 is 6.11 Å². The van der Waals surface area contributed by atoms with Crippen LogP contribution in [0.3, 0.4) is 0 Å². The van der Waals surface area contributed by atoms with Gasteiger partial charge in [-0.05, 0) is 79.2 Å². The fraction of sp³-hybridized carbons (Fsp3) is 0.586. The fourth-order valence-electron chi connectivity index (χ4n) is 5.02. The van der Waals surface area contributed by atoms with Crippen LogP contribution >= 0.6 is 0 Å². The normalized spacial score (nSPS) is 19.1. The first kappa shape index (κ1) is 25.8. The molecule has 2 aromatic carbocycles. The first-order chi connectivity index (χ1) is 15.9. The lowest BCUT2D eigenvalue weighted by atomic mass is 9.77. The summed E-state index contributed by atoms with van der Waals surface area (Å²) >= 11 is 0. The first-order valence-electron chi connectivity index (χ1n) is 12.8. The minimum Gasteiger partial charge on any atom is -0.316 e. The van der Waals surface area contributed by atoms with E-state index < -0.39 is 17.5 Å². The molecule has 3 rings (SSSR count). The number of ether oxygens (including phenoxy) is 1. The van der Waals surface area contributed by atoms with Crippen molar-refractivity contribution in [3.05, 3.63) is 70.5 Å². The lowest BCUT2D eigenvalue weighted by molar-refractivity contribution is -0.249. The van der Waals surface area contributed by atoms with Crippen LogP contribution < -0.4 is 0 Å². The lowest BCUT2D eigenvalue weighted by Crippen LogP contribution is -2.22. The molecule has 4 heteroatoms. The van der Waals surface area contributed by atoms with Crippen molar-refractivity contribution in [1.29, 1.82) is 0 Å². The minimum atomic E-state index is -3.64. The lowest BCUT2D eigenvalue weighted by Gasteiger charge is -2.29. The van der Waals surface area contributed by atoms with Crippen LogP contribution in [0.2, 0.25) is 0 Å². The van der Waals surface area contributed by atoms with Gasteiger partial charge in [-0.15, -0.1) is 0 Å². The second-order valence-corrected chi connectivity index (χ2v) is 9.63. The van der Waals surface area contributed by atoms with E-state index in [2.05, 4.69) is 13.8 Å². The zero-order chi connectivity index (χ0) is 23.7. The van der Waals surface area contributed by atoms with Crippen molar-refractivity contribution in [2.24, 2.45) is 5.92 Å². The number of hydrogen-bond donors (Lipinski definition) is 0. The summed E-state index contributed by atoms with van der Waals surface area (Å²) in [6.45, 7) is 4.18. The largest absolute Gasteiger partial charge is 0.386 e. The van der Waals surface area contributed by atoms with Gasteiger partial charge in [0.1, 0.15) is 5.82 Å². The highest BCUT2D eigenvalue weighted by Crippen LogP contribution is 2.39. The quantitative estimate of drug-likeness (QED) is 0.287. The molecule has 0 aromatic heterocycles. The Hall–Kier alpha value is -1.81. The topological polar surface area (TPSA) is 9.23 Å². The molecular weight excluding hydrogens is 421 g/mol. The van der Waals surface area contributed by atoms with Crippen molar-refractivity contribution in [2.45, 2.75) is 96.5 Å². The summed E-state index contributed by atoms with van der Waals surface area (Å²) in [4.78, 5) is 0. The molecule has 0 aliphatic heterocycles. The van der Waals surface area contributed by atoms with E-state index in [0.717, 1.165) is 55.6 Å². The third-order valence-electron chi connectivity index (χ3n) is 7.08. The SMILES string of the molecule is CCCCC[C@H]1CC[C@H](c2ccc(C(F)(F)OCCc3ccc(CCC)cc3)c(F)c2)CC1. The van der Waals surface area contributed by atoms with Gasteiger partial charge < -0.3 is 4.74 Å². The molecule has 0 bridgehead atoms. The van der Waals surface area contributed by atoms with Gasteiger partial charge in [0.25, 0.3) is 0 Å². The second kappa shape index (κ2) is 12.6. The van der Waals surface area contributed by atoms with Gasteiger partial charge in [0.2, 0.25) is 0 Å². The fourth-order valence-corrected chi connectivity index (χ4v) is 5.02. The van der Waals surface area contributed by atoms with Crippen molar-refractivity contribution in [3.8, 4) is 0 Å². The average Bonchev–Trinajstić information content (AvgIpc) is 2.81. The third kappa shape index (κ3) is 7.60. The van der Waals surface area contributed by atoms with E-state index >= 15 is 0 Å². The Kier molecular flexibility index (Phi) is 9.85. The van der Waals surface area contributed by atoms with E-state index in [1.165, 1.54) is 43.4 Å². The zero-order valence-electron chi connectivity index (χ0n) is 20.2. The van der Waals surface area contributed by atoms with Gasteiger partial charge in [-0.3, -0.25) is 0 Å². The molecule has 2 aromatic rings. The number of halogens is 3. The Morgan fingerprint density at radius 2 is 1.52 bits per heavy atom. The van der Waals surface area contributed by atoms with Crippen LogP contribution in [0.15, 0.2) is 42.5 Å². The van der Waals surface area contributed by atoms with Gasteiger partial charge in [0, 0.05) is 0 Å². The van der Waals surface area contributed by atoms with Crippen molar-refractivity contribution >= 4 is 0 Å². The monoisotopic (exact) mass is 460 g/mol.